The van der Waals surface area contributed by atoms with Gasteiger partial charge < -0.3 is 14.6 Å². The number of aliphatic hydroxyl groups is 1. The Balaban J connectivity index is 1.28. The molecule has 5 saturated carbocycles. The van der Waals surface area contributed by atoms with Crippen LogP contribution in [0.1, 0.15) is 12.0 Å². The molecule has 4 nitrogen and oxygen atoms in total. The molecule has 7 aliphatic rings. The van der Waals surface area contributed by atoms with Gasteiger partial charge in [-0.15, -0.1) is 0 Å². The zero-order valence-electron chi connectivity index (χ0n) is 14.1. The third kappa shape index (κ3) is 1.00. The van der Waals surface area contributed by atoms with E-state index in [-0.39, 0.29) is 0 Å². The number of methoxy groups -OCH3 is 2. The molecule has 0 spiro atoms. The molecule has 0 radical (unpaired) electrons. The standard InChI is InChI=1S/C20H23NO3/c1-23-11-4-3-8(5-12(11)24-2)7-21-19-15-9-6-10-14-13(9)16(19)18(14)20(21,22)17(10)15/h3-5,9-10,13-19,22H,6-7H2,1-2H3/t9-,10+,13-,14+,15+,16-,17-,18+,19-,20+/m0/s1. The molecule has 0 aromatic heterocycles. The van der Waals surface area contributed by atoms with Crippen molar-refractivity contribution < 1.29 is 14.6 Å². The predicted molar refractivity (Wildman–Crippen MR) is 86.4 cm³/mol. The average Bonchev–Trinajstić information content (AvgIpc) is 3.21. The summed E-state index contributed by atoms with van der Waals surface area (Å²) in [6.07, 6.45) is 1.43. The minimum Gasteiger partial charge on any atom is -0.493 e. The third-order valence-electron chi connectivity index (χ3n) is 9.01. The molecule has 0 unspecified atom stereocenters. The average molecular weight is 325 g/mol. The van der Waals surface area contributed by atoms with Crippen LogP contribution in [0.5, 0.6) is 11.5 Å². The molecular formula is C20H23NO3. The first-order valence-corrected chi connectivity index (χ1v) is 9.40. The lowest BCUT2D eigenvalue weighted by molar-refractivity contribution is -0.134. The molecule has 7 fully saturated rings. The maximum absolute atomic E-state index is 11.8. The SMILES string of the molecule is COc1ccc(CN2[C@@H]3[C@H]4[C@H]5[C@@H]6C[C@@H]7[C@H]5[C@H]4[C@]2(O)[C@@H]7[C@@H]63)cc1OC. The van der Waals surface area contributed by atoms with Crippen LogP contribution in [0.3, 0.4) is 0 Å². The van der Waals surface area contributed by atoms with Crippen molar-refractivity contribution >= 4 is 0 Å². The molecule has 24 heavy (non-hydrogen) atoms. The molecule has 2 saturated heterocycles. The van der Waals surface area contributed by atoms with Crippen LogP contribution in [-0.4, -0.2) is 36.0 Å². The summed E-state index contributed by atoms with van der Waals surface area (Å²) in [5.41, 5.74) is 0.729. The van der Waals surface area contributed by atoms with Crippen molar-refractivity contribution in [3.8, 4) is 11.5 Å². The molecule has 5 aliphatic carbocycles. The highest BCUT2D eigenvalue weighted by molar-refractivity contribution is 5.44. The maximum Gasteiger partial charge on any atom is 0.161 e. The van der Waals surface area contributed by atoms with Crippen LogP contribution >= 0.6 is 0 Å². The Morgan fingerprint density at radius 1 is 1.04 bits per heavy atom. The normalized spacial score (nSPS) is 56.5. The van der Waals surface area contributed by atoms with Crippen LogP contribution in [0.2, 0.25) is 0 Å². The Bertz CT molecular complexity index is 780. The van der Waals surface area contributed by atoms with Crippen LogP contribution in [0.25, 0.3) is 0 Å². The highest BCUT2D eigenvalue weighted by atomic mass is 16.5. The Morgan fingerprint density at radius 3 is 2.67 bits per heavy atom. The Labute approximate surface area is 141 Å². The van der Waals surface area contributed by atoms with Gasteiger partial charge in [0.1, 0.15) is 5.72 Å². The summed E-state index contributed by atoms with van der Waals surface area (Å²) in [7, 11) is 3.36. The Hall–Kier alpha value is -1.26. The first-order valence-electron chi connectivity index (χ1n) is 9.40. The highest BCUT2D eigenvalue weighted by Crippen LogP contribution is 2.90. The van der Waals surface area contributed by atoms with Gasteiger partial charge in [-0.05, 0) is 59.6 Å². The van der Waals surface area contributed by atoms with Gasteiger partial charge >= 0.3 is 0 Å². The number of ether oxygens (including phenoxy) is 2. The third-order valence-corrected chi connectivity index (χ3v) is 9.01. The van der Waals surface area contributed by atoms with Gasteiger partial charge in [0.25, 0.3) is 0 Å². The van der Waals surface area contributed by atoms with Crippen LogP contribution in [-0.2, 0) is 6.54 Å². The molecule has 4 heteroatoms. The molecule has 1 aromatic rings. The van der Waals surface area contributed by atoms with Gasteiger partial charge in [0, 0.05) is 24.4 Å². The van der Waals surface area contributed by atoms with E-state index in [1.165, 1.54) is 12.0 Å². The van der Waals surface area contributed by atoms with Crippen molar-refractivity contribution in [2.45, 2.75) is 24.7 Å². The van der Waals surface area contributed by atoms with E-state index in [4.69, 9.17) is 9.47 Å². The van der Waals surface area contributed by atoms with E-state index in [0.717, 1.165) is 53.6 Å². The second kappa shape index (κ2) is 3.63. The molecule has 1 aromatic carbocycles. The summed E-state index contributed by atoms with van der Waals surface area (Å²) < 4.78 is 10.8. The van der Waals surface area contributed by atoms with E-state index in [0.29, 0.717) is 17.9 Å². The molecule has 126 valence electrons. The number of hydrogen-bond acceptors (Lipinski definition) is 4. The van der Waals surface area contributed by atoms with Crippen molar-refractivity contribution in [3.05, 3.63) is 23.8 Å². The van der Waals surface area contributed by atoms with E-state index >= 15 is 0 Å². The first kappa shape index (κ1) is 13.0. The van der Waals surface area contributed by atoms with Gasteiger partial charge in [-0.25, -0.2) is 0 Å². The van der Waals surface area contributed by atoms with Gasteiger partial charge in [-0.3, -0.25) is 4.90 Å². The molecule has 1 N–H and O–H groups in total. The monoisotopic (exact) mass is 325 g/mol. The van der Waals surface area contributed by atoms with E-state index in [1.807, 2.05) is 6.07 Å². The summed E-state index contributed by atoms with van der Waals surface area (Å²) in [5, 5.41) is 11.8. The number of benzene rings is 1. The van der Waals surface area contributed by atoms with Gasteiger partial charge in [-0.2, -0.15) is 0 Å². The zero-order valence-corrected chi connectivity index (χ0v) is 14.1. The molecule has 4 bridgehead atoms. The number of hydrogen-bond donors (Lipinski definition) is 1. The first-order chi connectivity index (χ1) is 11.7. The quantitative estimate of drug-likeness (QED) is 0.919. The van der Waals surface area contributed by atoms with Gasteiger partial charge in [-0.1, -0.05) is 6.07 Å². The molecule has 8 rings (SSSR count). The van der Waals surface area contributed by atoms with E-state index in [9.17, 15) is 5.11 Å². The second-order valence-corrected chi connectivity index (χ2v) is 9.02. The van der Waals surface area contributed by atoms with Gasteiger partial charge in [0.05, 0.1) is 14.2 Å². The largest absolute Gasteiger partial charge is 0.493 e. The summed E-state index contributed by atoms with van der Waals surface area (Å²) >= 11 is 0. The fraction of sp³-hybridized carbons (Fsp3) is 0.700. The van der Waals surface area contributed by atoms with E-state index in [1.54, 1.807) is 14.2 Å². The smallest absolute Gasteiger partial charge is 0.161 e. The van der Waals surface area contributed by atoms with Crippen molar-refractivity contribution in [1.29, 1.82) is 0 Å². The lowest BCUT2D eigenvalue weighted by Crippen LogP contribution is -2.50. The molecule has 2 aliphatic heterocycles. The van der Waals surface area contributed by atoms with Crippen LogP contribution in [0.4, 0.5) is 0 Å². The van der Waals surface area contributed by atoms with Crippen LogP contribution in [0, 0.1) is 47.3 Å². The highest BCUT2D eigenvalue weighted by Gasteiger charge is 2.93. The summed E-state index contributed by atoms with van der Waals surface area (Å²) in [4.78, 5) is 2.51. The lowest BCUT2D eigenvalue weighted by atomic mass is 9.59. The van der Waals surface area contributed by atoms with Gasteiger partial charge in [0.2, 0.25) is 0 Å². The summed E-state index contributed by atoms with van der Waals surface area (Å²) in [5.74, 6) is 7.95. The number of rotatable bonds is 4. The van der Waals surface area contributed by atoms with E-state index in [2.05, 4.69) is 17.0 Å². The minimum absolute atomic E-state index is 0.496. The summed E-state index contributed by atoms with van der Waals surface area (Å²) in [6.45, 7) is 0.848. The molecule has 0 amide bonds. The zero-order chi connectivity index (χ0) is 16.0. The van der Waals surface area contributed by atoms with Crippen molar-refractivity contribution in [1.82, 2.24) is 4.90 Å². The fourth-order valence-corrected chi connectivity index (χ4v) is 8.94. The Kier molecular flexibility index (Phi) is 1.97. The lowest BCUT2D eigenvalue weighted by Gasteiger charge is -2.45. The fourth-order valence-electron chi connectivity index (χ4n) is 8.94. The Morgan fingerprint density at radius 2 is 1.88 bits per heavy atom. The van der Waals surface area contributed by atoms with Crippen LogP contribution in [0.15, 0.2) is 18.2 Å². The van der Waals surface area contributed by atoms with E-state index < -0.39 is 5.72 Å². The van der Waals surface area contributed by atoms with Crippen LogP contribution < -0.4 is 9.47 Å². The predicted octanol–water partition coefficient (Wildman–Crippen LogP) is 1.96. The minimum atomic E-state index is -0.496. The maximum atomic E-state index is 11.8. The molecule has 2 heterocycles. The van der Waals surface area contributed by atoms with Crippen molar-refractivity contribution in [2.24, 2.45) is 47.3 Å². The second-order valence-electron chi connectivity index (χ2n) is 9.02. The summed E-state index contributed by atoms with van der Waals surface area (Å²) in [6, 6.07) is 6.84. The van der Waals surface area contributed by atoms with Crippen molar-refractivity contribution in [2.75, 3.05) is 14.2 Å². The molecular weight excluding hydrogens is 302 g/mol. The molecule has 10 atom stereocenters. The van der Waals surface area contributed by atoms with Crippen molar-refractivity contribution in [3.63, 3.8) is 0 Å². The van der Waals surface area contributed by atoms with Gasteiger partial charge in [0.15, 0.2) is 11.5 Å². The number of nitrogens with zero attached hydrogens (tertiary/aromatic N) is 1. The topological polar surface area (TPSA) is 41.9 Å².